The molecule has 0 aliphatic carbocycles. The number of aldehydes is 2. The Hall–Kier alpha value is -2.54. The molecule has 25 heavy (non-hydrogen) atoms. The Morgan fingerprint density at radius 3 is 2.04 bits per heavy atom. The van der Waals surface area contributed by atoms with Crippen LogP contribution in [0.5, 0.6) is 23.0 Å². The molecule has 0 aliphatic heterocycles. The third kappa shape index (κ3) is 6.11. The molecule has 2 aromatic rings. The Labute approximate surface area is 154 Å². The largest absolute Gasteiger partial charge is 0.504 e. The molecule has 2 rings (SSSR count). The molecule has 0 unspecified atom stereocenters. The van der Waals surface area contributed by atoms with Crippen molar-refractivity contribution >= 4 is 28.5 Å². The van der Waals surface area contributed by atoms with E-state index in [2.05, 4.69) is 15.9 Å². The fourth-order valence-corrected chi connectivity index (χ4v) is 2.26. The molecule has 0 bridgehead atoms. The van der Waals surface area contributed by atoms with Gasteiger partial charge in [0.2, 0.25) is 0 Å². The van der Waals surface area contributed by atoms with Crippen molar-refractivity contribution in [2.24, 2.45) is 0 Å². The van der Waals surface area contributed by atoms with E-state index < -0.39 is 0 Å². The first-order valence-electron chi connectivity index (χ1n) is 7.48. The molecular formula is C18H19BrO6. The Balaban J connectivity index is 0.000000251. The summed E-state index contributed by atoms with van der Waals surface area (Å²) in [5, 5.41) is 18.7. The number of aromatic hydroxyl groups is 2. The minimum absolute atomic E-state index is 0.0208. The van der Waals surface area contributed by atoms with Crippen molar-refractivity contribution in [2.75, 3.05) is 13.2 Å². The predicted octanol–water partition coefficient (Wildman–Crippen LogP) is 3.97. The quantitative estimate of drug-likeness (QED) is 0.699. The monoisotopic (exact) mass is 410 g/mol. The maximum Gasteiger partial charge on any atom is 0.172 e. The van der Waals surface area contributed by atoms with Crippen LogP contribution >= 0.6 is 15.9 Å². The van der Waals surface area contributed by atoms with Crippen molar-refractivity contribution in [3.8, 4) is 23.0 Å². The zero-order chi connectivity index (χ0) is 18.8. The van der Waals surface area contributed by atoms with E-state index in [-0.39, 0.29) is 11.5 Å². The Morgan fingerprint density at radius 1 is 0.920 bits per heavy atom. The third-order valence-corrected chi connectivity index (χ3v) is 3.51. The normalized spacial score (nSPS) is 9.56. The van der Waals surface area contributed by atoms with E-state index in [1.807, 2.05) is 6.92 Å². The van der Waals surface area contributed by atoms with Gasteiger partial charge in [-0.25, -0.2) is 0 Å². The van der Waals surface area contributed by atoms with Crippen LogP contribution in [0.15, 0.2) is 34.8 Å². The van der Waals surface area contributed by atoms with Gasteiger partial charge in [-0.1, -0.05) is 0 Å². The van der Waals surface area contributed by atoms with Crippen molar-refractivity contribution in [2.45, 2.75) is 13.8 Å². The summed E-state index contributed by atoms with van der Waals surface area (Å²) in [7, 11) is 0. The molecule has 0 atom stereocenters. The summed E-state index contributed by atoms with van der Waals surface area (Å²) in [6.07, 6.45) is 1.41. The van der Waals surface area contributed by atoms with E-state index in [1.54, 1.807) is 6.92 Å². The first kappa shape index (κ1) is 20.5. The zero-order valence-electron chi connectivity index (χ0n) is 13.9. The Morgan fingerprint density at radius 2 is 1.48 bits per heavy atom. The number of carbonyl (C=O) groups excluding carboxylic acids is 2. The van der Waals surface area contributed by atoms with E-state index in [9.17, 15) is 19.8 Å². The van der Waals surface area contributed by atoms with Crippen LogP contribution in [0.4, 0.5) is 0 Å². The maximum atomic E-state index is 10.5. The molecule has 0 saturated carbocycles. The van der Waals surface area contributed by atoms with Crippen LogP contribution in [0.2, 0.25) is 0 Å². The van der Waals surface area contributed by atoms with Gasteiger partial charge in [0.15, 0.2) is 23.0 Å². The average Bonchev–Trinajstić information content (AvgIpc) is 2.61. The van der Waals surface area contributed by atoms with Crippen molar-refractivity contribution in [3.05, 3.63) is 45.9 Å². The van der Waals surface area contributed by atoms with Gasteiger partial charge >= 0.3 is 0 Å². The van der Waals surface area contributed by atoms with E-state index >= 15 is 0 Å². The van der Waals surface area contributed by atoms with Gasteiger partial charge in [0.05, 0.1) is 17.7 Å². The SMILES string of the molecule is CCOc1cc(C=O)cc(Br)c1O.CCOc1cc(C=O)ccc1O. The van der Waals surface area contributed by atoms with Gasteiger partial charge in [-0.2, -0.15) is 0 Å². The minimum Gasteiger partial charge on any atom is -0.504 e. The number of hydrogen-bond donors (Lipinski definition) is 2. The Bertz CT molecular complexity index is 730. The minimum atomic E-state index is 0.0208. The number of phenolic OH excluding ortho intramolecular Hbond substituents is 2. The van der Waals surface area contributed by atoms with Crippen LogP contribution in [0.25, 0.3) is 0 Å². The van der Waals surface area contributed by atoms with Crippen molar-refractivity contribution < 1.29 is 29.3 Å². The zero-order valence-corrected chi connectivity index (χ0v) is 15.4. The second-order valence-corrected chi connectivity index (χ2v) is 5.53. The van der Waals surface area contributed by atoms with Crippen LogP contribution in [0.3, 0.4) is 0 Å². The van der Waals surface area contributed by atoms with Gasteiger partial charge in [-0.05, 0) is 60.1 Å². The van der Waals surface area contributed by atoms with Crippen LogP contribution in [0, 0.1) is 0 Å². The number of rotatable bonds is 6. The summed E-state index contributed by atoms with van der Waals surface area (Å²) in [5.41, 5.74) is 0.962. The summed E-state index contributed by atoms with van der Waals surface area (Å²) in [6, 6.07) is 7.51. The molecule has 0 heterocycles. The number of hydrogen-bond acceptors (Lipinski definition) is 6. The summed E-state index contributed by atoms with van der Waals surface area (Å²) in [4.78, 5) is 20.8. The van der Waals surface area contributed by atoms with E-state index in [0.29, 0.717) is 52.9 Å². The highest BCUT2D eigenvalue weighted by Crippen LogP contribution is 2.34. The van der Waals surface area contributed by atoms with Crippen LogP contribution < -0.4 is 9.47 Å². The molecule has 0 fully saturated rings. The van der Waals surface area contributed by atoms with Crippen molar-refractivity contribution in [1.29, 1.82) is 0 Å². The number of benzene rings is 2. The first-order chi connectivity index (χ1) is 12.0. The molecule has 134 valence electrons. The van der Waals surface area contributed by atoms with Gasteiger partial charge in [-0.3, -0.25) is 9.59 Å². The van der Waals surface area contributed by atoms with Gasteiger partial charge in [0.25, 0.3) is 0 Å². The fraction of sp³-hybridized carbons (Fsp3) is 0.222. The van der Waals surface area contributed by atoms with E-state index in [1.165, 1.54) is 30.3 Å². The molecule has 0 aliphatic rings. The number of carbonyl (C=O) groups is 2. The van der Waals surface area contributed by atoms with Crippen LogP contribution in [-0.2, 0) is 0 Å². The summed E-state index contributed by atoms with van der Waals surface area (Å²) < 4.78 is 10.7. The molecule has 6 nitrogen and oxygen atoms in total. The molecule has 7 heteroatoms. The molecular weight excluding hydrogens is 392 g/mol. The van der Waals surface area contributed by atoms with Crippen LogP contribution in [0.1, 0.15) is 34.6 Å². The molecule has 0 saturated heterocycles. The molecule has 0 aromatic heterocycles. The number of phenols is 2. The topological polar surface area (TPSA) is 93.1 Å². The Kier molecular flexibility index (Phi) is 8.49. The average molecular weight is 411 g/mol. The van der Waals surface area contributed by atoms with E-state index in [0.717, 1.165) is 0 Å². The second kappa shape index (κ2) is 10.4. The van der Waals surface area contributed by atoms with E-state index in [4.69, 9.17) is 9.47 Å². The van der Waals surface area contributed by atoms with Gasteiger partial charge in [0.1, 0.15) is 12.6 Å². The molecule has 0 radical (unpaired) electrons. The number of ether oxygens (including phenoxy) is 2. The lowest BCUT2D eigenvalue weighted by Crippen LogP contribution is -1.93. The number of halogens is 1. The highest BCUT2D eigenvalue weighted by Gasteiger charge is 2.08. The van der Waals surface area contributed by atoms with Gasteiger partial charge in [-0.15, -0.1) is 0 Å². The van der Waals surface area contributed by atoms with Crippen LogP contribution in [-0.4, -0.2) is 36.0 Å². The van der Waals surface area contributed by atoms with Crippen molar-refractivity contribution in [3.63, 3.8) is 0 Å². The van der Waals surface area contributed by atoms with Gasteiger partial charge < -0.3 is 19.7 Å². The summed E-state index contributed by atoms with van der Waals surface area (Å²) in [5.74, 6) is 0.746. The smallest absolute Gasteiger partial charge is 0.172 e. The highest BCUT2D eigenvalue weighted by molar-refractivity contribution is 9.10. The highest BCUT2D eigenvalue weighted by atomic mass is 79.9. The predicted molar refractivity (Wildman–Crippen MR) is 97.0 cm³/mol. The lowest BCUT2D eigenvalue weighted by molar-refractivity contribution is 0.111. The molecule has 0 amide bonds. The second-order valence-electron chi connectivity index (χ2n) is 4.68. The standard InChI is InChI=1S/C9H9BrO3.C9H10O3/c1-2-13-8-4-6(5-11)3-7(10)9(8)12;1-2-12-9-5-7(6-10)3-4-8(9)11/h3-5,12H,2H2,1H3;3-6,11H,2H2,1H3. The molecule has 2 aromatic carbocycles. The lowest BCUT2D eigenvalue weighted by Gasteiger charge is -2.07. The summed E-state index contributed by atoms with van der Waals surface area (Å²) in [6.45, 7) is 4.53. The maximum absolute atomic E-state index is 10.5. The molecule has 0 spiro atoms. The third-order valence-electron chi connectivity index (χ3n) is 2.91. The summed E-state index contributed by atoms with van der Waals surface area (Å²) >= 11 is 3.12. The lowest BCUT2D eigenvalue weighted by atomic mass is 10.2. The fourth-order valence-electron chi connectivity index (χ4n) is 1.80. The van der Waals surface area contributed by atoms with Crippen molar-refractivity contribution in [1.82, 2.24) is 0 Å². The molecule has 2 N–H and O–H groups in total. The van der Waals surface area contributed by atoms with Gasteiger partial charge in [0, 0.05) is 11.1 Å². The first-order valence-corrected chi connectivity index (χ1v) is 8.27.